The third kappa shape index (κ3) is 2.48. The summed E-state index contributed by atoms with van der Waals surface area (Å²) < 4.78 is 0. The largest absolute Gasteiger partial charge is 0.339 e. The summed E-state index contributed by atoms with van der Waals surface area (Å²) >= 11 is 0. The second-order valence-electron chi connectivity index (χ2n) is 3.99. The van der Waals surface area contributed by atoms with Crippen molar-refractivity contribution in [2.24, 2.45) is 11.7 Å². The molecule has 1 aliphatic heterocycles. The molecule has 2 N–H and O–H groups in total. The fraction of sp³-hybridized carbons (Fsp3) is 0.889. The summed E-state index contributed by atoms with van der Waals surface area (Å²) in [5.74, 6) is 0.884. The third-order valence-electron chi connectivity index (χ3n) is 2.20. The number of amides is 1. The molecule has 1 fully saturated rings. The molecule has 3 nitrogen and oxygen atoms in total. The Hall–Kier alpha value is -0.570. The average Bonchev–Trinajstić information content (AvgIpc) is 1.94. The van der Waals surface area contributed by atoms with Gasteiger partial charge in [-0.25, -0.2) is 0 Å². The lowest BCUT2D eigenvalue weighted by Gasteiger charge is -2.37. The van der Waals surface area contributed by atoms with E-state index in [2.05, 4.69) is 13.8 Å². The van der Waals surface area contributed by atoms with Crippen LogP contribution in [0.15, 0.2) is 0 Å². The predicted octanol–water partition coefficient (Wildman–Crippen LogP) is 0.592. The Morgan fingerprint density at radius 2 is 2.17 bits per heavy atom. The Kier molecular flexibility index (Phi) is 3.09. The van der Waals surface area contributed by atoms with Crippen LogP contribution in [-0.2, 0) is 4.79 Å². The van der Waals surface area contributed by atoms with Crippen molar-refractivity contribution in [1.82, 2.24) is 4.90 Å². The number of carbonyl (C=O) groups is 1. The fourth-order valence-corrected chi connectivity index (χ4v) is 1.29. The molecule has 0 aromatic heterocycles. The van der Waals surface area contributed by atoms with Crippen LogP contribution in [0.3, 0.4) is 0 Å². The summed E-state index contributed by atoms with van der Waals surface area (Å²) in [6.07, 6.45) is 1.68. The molecule has 0 radical (unpaired) electrons. The number of rotatable bonds is 3. The second kappa shape index (κ2) is 3.90. The molecule has 3 heteroatoms. The van der Waals surface area contributed by atoms with Crippen molar-refractivity contribution in [2.45, 2.75) is 32.7 Å². The summed E-state index contributed by atoms with van der Waals surface area (Å²) in [6.45, 7) is 5.79. The van der Waals surface area contributed by atoms with Crippen molar-refractivity contribution in [1.29, 1.82) is 0 Å². The highest BCUT2D eigenvalue weighted by Crippen LogP contribution is 2.11. The zero-order chi connectivity index (χ0) is 9.14. The van der Waals surface area contributed by atoms with Gasteiger partial charge in [-0.1, -0.05) is 13.8 Å². The highest BCUT2D eigenvalue weighted by molar-refractivity contribution is 5.77. The second-order valence-corrected chi connectivity index (χ2v) is 3.99. The van der Waals surface area contributed by atoms with Crippen molar-refractivity contribution < 1.29 is 4.79 Å². The van der Waals surface area contributed by atoms with E-state index in [1.54, 1.807) is 0 Å². The molecule has 1 heterocycles. The zero-order valence-electron chi connectivity index (χ0n) is 7.92. The van der Waals surface area contributed by atoms with Gasteiger partial charge in [-0.05, 0) is 12.3 Å². The van der Waals surface area contributed by atoms with E-state index in [4.69, 9.17) is 5.73 Å². The van der Waals surface area contributed by atoms with Crippen molar-refractivity contribution in [3.8, 4) is 0 Å². The van der Waals surface area contributed by atoms with E-state index < -0.39 is 0 Å². The van der Waals surface area contributed by atoms with Crippen LogP contribution in [0.2, 0.25) is 0 Å². The van der Waals surface area contributed by atoms with E-state index in [9.17, 15) is 4.79 Å². The maximum atomic E-state index is 11.3. The molecule has 0 bridgehead atoms. The van der Waals surface area contributed by atoms with Crippen molar-refractivity contribution in [3.05, 3.63) is 0 Å². The van der Waals surface area contributed by atoms with Gasteiger partial charge in [-0.3, -0.25) is 4.79 Å². The number of likely N-dealkylation sites (tertiary alicyclic amines) is 1. The Balaban J connectivity index is 2.13. The quantitative estimate of drug-likeness (QED) is 0.674. The Morgan fingerprint density at radius 1 is 1.58 bits per heavy atom. The zero-order valence-corrected chi connectivity index (χ0v) is 7.92. The topological polar surface area (TPSA) is 46.3 Å². The molecule has 70 valence electrons. The maximum absolute atomic E-state index is 11.3. The van der Waals surface area contributed by atoms with Crippen LogP contribution in [0.1, 0.15) is 26.7 Å². The average molecular weight is 170 g/mol. The first-order valence-electron chi connectivity index (χ1n) is 4.63. The van der Waals surface area contributed by atoms with Gasteiger partial charge in [0.2, 0.25) is 5.91 Å². The summed E-state index contributed by atoms with van der Waals surface area (Å²) in [7, 11) is 0. The molecule has 0 aliphatic carbocycles. The van der Waals surface area contributed by atoms with Gasteiger partial charge in [0.1, 0.15) is 0 Å². The predicted molar refractivity (Wildman–Crippen MR) is 48.6 cm³/mol. The normalized spacial score (nSPS) is 18.2. The van der Waals surface area contributed by atoms with Crippen LogP contribution in [-0.4, -0.2) is 29.9 Å². The van der Waals surface area contributed by atoms with Crippen LogP contribution >= 0.6 is 0 Å². The van der Waals surface area contributed by atoms with Crippen molar-refractivity contribution in [3.63, 3.8) is 0 Å². The van der Waals surface area contributed by atoms with Gasteiger partial charge in [0.15, 0.2) is 0 Å². The van der Waals surface area contributed by atoms with Crippen LogP contribution in [0.4, 0.5) is 0 Å². The molecule has 0 atom stereocenters. The van der Waals surface area contributed by atoms with Gasteiger partial charge in [0.05, 0.1) is 0 Å². The van der Waals surface area contributed by atoms with E-state index in [1.807, 2.05) is 4.90 Å². The number of nitrogens with zero attached hydrogens (tertiary/aromatic N) is 1. The highest BCUT2D eigenvalue weighted by Gasteiger charge is 2.26. The van der Waals surface area contributed by atoms with E-state index in [0.29, 0.717) is 12.3 Å². The molecule has 0 spiro atoms. The lowest BCUT2D eigenvalue weighted by atomic mass is 10.1. The Labute approximate surface area is 73.9 Å². The van der Waals surface area contributed by atoms with Gasteiger partial charge in [0, 0.05) is 25.6 Å². The van der Waals surface area contributed by atoms with Gasteiger partial charge < -0.3 is 10.6 Å². The molecule has 1 amide bonds. The van der Waals surface area contributed by atoms with E-state index in [-0.39, 0.29) is 11.9 Å². The molecular formula is C9H18N2O. The molecule has 0 unspecified atom stereocenters. The highest BCUT2D eigenvalue weighted by atomic mass is 16.2. The van der Waals surface area contributed by atoms with E-state index in [1.165, 1.54) is 0 Å². The number of hydrogen-bond acceptors (Lipinski definition) is 2. The minimum Gasteiger partial charge on any atom is -0.339 e. The van der Waals surface area contributed by atoms with Gasteiger partial charge in [-0.15, -0.1) is 0 Å². The summed E-state index contributed by atoms with van der Waals surface area (Å²) in [5, 5.41) is 0. The Morgan fingerprint density at radius 3 is 2.58 bits per heavy atom. The van der Waals surface area contributed by atoms with Crippen LogP contribution < -0.4 is 5.73 Å². The molecule has 1 aliphatic rings. The van der Waals surface area contributed by atoms with Gasteiger partial charge >= 0.3 is 0 Å². The third-order valence-corrected chi connectivity index (χ3v) is 2.20. The monoisotopic (exact) mass is 170 g/mol. The van der Waals surface area contributed by atoms with Gasteiger partial charge in [0.25, 0.3) is 0 Å². The number of nitrogens with two attached hydrogens (primary N) is 1. The molecule has 1 saturated heterocycles. The maximum Gasteiger partial charge on any atom is 0.222 e. The van der Waals surface area contributed by atoms with E-state index >= 15 is 0 Å². The lowest BCUT2D eigenvalue weighted by Crippen LogP contribution is -2.57. The first-order valence-corrected chi connectivity index (χ1v) is 4.63. The molecule has 1 rings (SSSR count). The minimum atomic E-state index is 0.230. The summed E-state index contributed by atoms with van der Waals surface area (Å²) in [6, 6.07) is 0.230. The first-order chi connectivity index (χ1) is 5.59. The fourth-order valence-electron chi connectivity index (χ4n) is 1.29. The van der Waals surface area contributed by atoms with Crippen LogP contribution in [0.25, 0.3) is 0 Å². The summed E-state index contributed by atoms with van der Waals surface area (Å²) in [4.78, 5) is 13.2. The molecule has 0 aromatic rings. The van der Waals surface area contributed by atoms with Crippen LogP contribution in [0, 0.1) is 5.92 Å². The van der Waals surface area contributed by atoms with Crippen LogP contribution in [0.5, 0.6) is 0 Å². The molecule has 0 aromatic carbocycles. The van der Waals surface area contributed by atoms with Gasteiger partial charge in [-0.2, -0.15) is 0 Å². The minimum absolute atomic E-state index is 0.230. The smallest absolute Gasteiger partial charge is 0.222 e. The lowest BCUT2D eigenvalue weighted by molar-refractivity contribution is -0.135. The Bertz CT molecular complexity index is 162. The number of hydrogen-bond donors (Lipinski definition) is 1. The van der Waals surface area contributed by atoms with Crippen molar-refractivity contribution >= 4 is 5.91 Å². The first kappa shape index (κ1) is 9.52. The number of carbonyl (C=O) groups excluding carboxylic acids is 1. The van der Waals surface area contributed by atoms with Crippen molar-refractivity contribution in [2.75, 3.05) is 13.1 Å². The SMILES string of the molecule is CC(C)CCC(=O)N1CC(N)C1. The standard InChI is InChI=1S/C9H18N2O/c1-7(2)3-4-9(12)11-5-8(10)6-11/h7-8H,3-6,10H2,1-2H3. The molecule has 12 heavy (non-hydrogen) atoms. The summed E-state index contributed by atoms with van der Waals surface area (Å²) in [5.41, 5.74) is 5.57. The van der Waals surface area contributed by atoms with E-state index in [0.717, 1.165) is 19.5 Å². The molecular weight excluding hydrogens is 152 g/mol. The molecule has 0 saturated carbocycles.